The van der Waals surface area contributed by atoms with Crippen LogP contribution >= 0.6 is 11.6 Å². The van der Waals surface area contributed by atoms with Crippen molar-refractivity contribution >= 4 is 23.5 Å². The largest absolute Gasteiger partial charge is 0.444 e. The van der Waals surface area contributed by atoms with Crippen LogP contribution in [0, 0.1) is 0 Å². The lowest BCUT2D eigenvalue weighted by Gasteiger charge is -2.27. The minimum atomic E-state index is -1.20. The molecule has 7 heteroatoms. The van der Waals surface area contributed by atoms with Crippen molar-refractivity contribution in [3.8, 4) is 11.5 Å². The second-order valence-electron chi connectivity index (χ2n) is 7.91. The molecule has 1 fully saturated rings. The number of oxazole rings is 1. The average molecular weight is 458 g/mol. The van der Waals surface area contributed by atoms with Gasteiger partial charge in [0, 0.05) is 17.0 Å². The first-order valence-electron chi connectivity index (χ1n) is 10.5. The highest BCUT2D eigenvalue weighted by atomic mass is 35.5. The number of urea groups is 1. The second-order valence-corrected chi connectivity index (χ2v) is 8.35. The van der Waals surface area contributed by atoms with Gasteiger partial charge in [-0.3, -0.25) is 9.69 Å². The quantitative estimate of drug-likeness (QED) is 0.404. The number of amides is 3. The fourth-order valence-electron chi connectivity index (χ4n) is 4.11. The normalized spacial score (nSPS) is 17.9. The average Bonchev–Trinajstić information content (AvgIpc) is 3.40. The summed E-state index contributed by atoms with van der Waals surface area (Å²) in [6.45, 7) is -0.00188. The van der Waals surface area contributed by atoms with E-state index < -0.39 is 11.6 Å². The third-order valence-corrected chi connectivity index (χ3v) is 5.93. The van der Waals surface area contributed by atoms with Crippen molar-refractivity contribution in [2.45, 2.75) is 18.5 Å². The van der Waals surface area contributed by atoms with Crippen LogP contribution in [0.25, 0.3) is 11.5 Å². The molecule has 164 valence electrons. The molecule has 4 aromatic rings. The van der Waals surface area contributed by atoms with Gasteiger partial charge in [-0.1, -0.05) is 78.3 Å². The van der Waals surface area contributed by atoms with Gasteiger partial charge in [0.05, 0.1) is 12.2 Å². The number of carbonyl (C=O) groups excluding carboxylic acids is 2. The summed E-state index contributed by atoms with van der Waals surface area (Å²) in [5.74, 6) is 0.0491. The number of rotatable bonds is 6. The molecule has 1 aromatic heterocycles. The fourth-order valence-corrected chi connectivity index (χ4v) is 4.30. The number of nitrogens with one attached hydrogen (secondary N) is 1. The summed E-state index contributed by atoms with van der Waals surface area (Å²) in [6.07, 6.45) is 1.79. The Hall–Kier alpha value is -3.90. The van der Waals surface area contributed by atoms with Crippen molar-refractivity contribution in [1.29, 1.82) is 0 Å². The van der Waals surface area contributed by atoms with Gasteiger partial charge in [0.25, 0.3) is 5.91 Å². The number of aromatic nitrogens is 1. The number of hydrogen-bond acceptors (Lipinski definition) is 4. The number of imide groups is 1. The van der Waals surface area contributed by atoms with E-state index in [0.717, 1.165) is 11.1 Å². The molecule has 0 saturated carbocycles. The van der Waals surface area contributed by atoms with E-state index in [1.807, 2.05) is 66.7 Å². The minimum absolute atomic E-state index is 0.00188. The molecular weight excluding hydrogens is 438 g/mol. The van der Waals surface area contributed by atoms with E-state index in [1.54, 1.807) is 18.2 Å². The van der Waals surface area contributed by atoms with Crippen LogP contribution in [-0.2, 0) is 23.3 Å². The van der Waals surface area contributed by atoms with Crippen LogP contribution < -0.4 is 5.32 Å². The molecule has 6 nitrogen and oxygen atoms in total. The van der Waals surface area contributed by atoms with Gasteiger partial charge in [-0.25, -0.2) is 9.78 Å². The van der Waals surface area contributed by atoms with Crippen molar-refractivity contribution in [3.63, 3.8) is 0 Å². The molecule has 1 N–H and O–H groups in total. The highest BCUT2D eigenvalue weighted by molar-refractivity contribution is 6.30. The van der Waals surface area contributed by atoms with E-state index in [9.17, 15) is 9.59 Å². The molecule has 0 radical (unpaired) electrons. The number of halogens is 1. The summed E-state index contributed by atoms with van der Waals surface area (Å²) < 4.78 is 5.58. The zero-order chi connectivity index (χ0) is 22.8. The van der Waals surface area contributed by atoms with Gasteiger partial charge in [0.1, 0.15) is 6.26 Å². The molecule has 33 heavy (non-hydrogen) atoms. The summed E-state index contributed by atoms with van der Waals surface area (Å²) in [5, 5.41) is 3.52. The first kappa shape index (κ1) is 21.0. The lowest BCUT2D eigenvalue weighted by molar-refractivity contribution is -0.132. The van der Waals surface area contributed by atoms with Crippen molar-refractivity contribution in [2.24, 2.45) is 0 Å². The van der Waals surface area contributed by atoms with Crippen LogP contribution in [0.2, 0.25) is 5.02 Å². The monoisotopic (exact) mass is 457 g/mol. The molecule has 3 aromatic carbocycles. The number of benzene rings is 3. The SMILES string of the molecule is O=C1NC(Cc2ccccc2)(c2ccccc2)C(=O)N1Cc1coc(-c2cccc(Cl)c2)n1. The molecule has 0 spiro atoms. The molecule has 3 amide bonds. The minimum Gasteiger partial charge on any atom is -0.444 e. The highest BCUT2D eigenvalue weighted by Gasteiger charge is 2.52. The Labute approximate surface area is 195 Å². The zero-order valence-electron chi connectivity index (χ0n) is 17.6. The predicted molar refractivity (Wildman–Crippen MR) is 124 cm³/mol. The van der Waals surface area contributed by atoms with Gasteiger partial charge >= 0.3 is 6.03 Å². The van der Waals surface area contributed by atoms with E-state index in [2.05, 4.69) is 10.3 Å². The van der Waals surface area contributed by atoms with Gasteiger partial charge in [0.15, 0.2) is 5.54 Å². The van der Waals surface area contributed by atoms with E-state index in [4.69, 9.17) is 16.0 Å². The first-order chi connectivity index (χ1) is 16.0. The Morgan fingerprint density at radius 3 is 2.39 bits per heavy atom. The summed E-state index contributed by atoms with van der Waals surface area (Å²) in [5.41, 5.74) is 1.67. The van der Waals surface area contributed by atoms with Crippen LogP contribution in [0.5, 0.6) is 0 Å². The zero-order valence-corrected chi connectivity index (χ0v) is 18.3. The highest BCUT2D eigenvalue weighted by Crippen LogP contribution is 2.34. The van der Waals surface area contributed by atoms with Crippen LogP contribution in [0.1, 0.15) is 16.8 Å². The third-order valence-electron chi connectivity index (χ3n) is 5.70. The van der Waals surface area contributed by atoms with E-state index in [-0.39, 0.29) is 12.5 Å². The maximum Gasteiger partial charge on any atom is 0.325 e. The number of nitrogens with zero attached hydrogens (tertiary/aromatic N) is 2. The Balaban J connectivity index is 1.45. The van der Waals surface area contributed by atoms with Crippen LogP contribution in [0.15, 0.2) is 95.6 Å². The summed E-state index contributed by atoms with van der Waals surface area (Å²) in [4.78, 5) is 32.4. The molecule has 1 aliphatic heterocycles. The maximum atomic E-state index is 13.7. The van der Waals surface area contributed by atoms with E-state index in [0.29, 0.717) is 28.6 Å². The van der Waals surface area contributed by atoms with Crippen molar-refractivity contribution in [3.05, 3.63) is 113 Å². The lowest BCUT2D eigenvalue weighted by atomic mass is 9.83. The first-order valence-corrected chi connectivity index (χ1v) is 10.9. The second kappa shape index (κ2) is 8.56. The molecule has 5 rings (SSSR count). The van der Waals surface area contributed by atoms with Gasteiger partial charge in [-0.05, 0) is 29.3 Å². The Morgan fingerprint density at radius 1 is 0.939 bits per heavy atom. The smallest absolute Gasteiger partial charge is 0.325 e. The maximum absolute atomic E-state index is 13.7. The Morgan fingerprint density at radius 2 is 1.67 bits per heavy atom. The Bertz CT molecular complexity index is 1310. The molecule has 1 saturated heterocycles. The van der Waals surface area contributed by atoms with Crippen molar-refractivity contribution in [2.75, 3.05) is 0 Å². The Kier molecular flexibility index (Phi) is 5.44. The van der Waals surface area contributed by atoms with Crippen LogP contribution in [-0.4, -0.2) is 21.8 Å². The van der Waals surface area contributed by atoms with E-state index >= 15 is 0 Å². The van der Waals surface area contributed by atoms with Gasteiger partial charge < -0.3 is 9.73 Å². The molecule has 2 heterocycles. The molecule has 1 atom stereocenters. The van der Waals surface area contributed by atoms with Crippen LogP contribution in [0.3, 0.4) is 0 Å². The van der Waals surface area contributed by atoms with E-state index in [1.165, 1.54) is 11.2 Å². The standard InChI is InChI=1S/C26H20ClN3O3/c27-21-13-7-10-19(14-21)23-28-22(17-33-23)16-30-24(31)26(29-25(30)32,20-11-5-2-6-12-20)15-18-8-3-1-4-9-18/h1-14,17H,15-16H2,(H,29,32). The van der Waals surface area contributed by atoms with Gasteiger partial charge in [-0.2, -0.15) is 0 Å². The van der Waals surface area contributed by atoms with Crippen LogP contribution in [0.4, 0.5) is 4.79 Å². The molecular formula is C26H20ClN3O3. The predicted octanol–water partition coefficient (Wildman–Crippen LogP) is 5.19. The van der Waals surface area contributed by atoms with Crippen molar-refractivity contribution < 1.29 is 14.0 Å². The number of hydrogen-bond donors (Lipinski definition) is 1. The topological polar surface area (TPSA) is 75.4 Å². The lowest BCUT2D eigenvalue weighted by Crippen LogP contribution is -2.46. The molecule has 0 bridgehead atoms. The summed E-state index contributed by atoms with van der Waals surface area (Å²) >= 11 is 6.06. The molecule has 1 unspecified atom stereocenters. The summed E-state index contributed by atoms with van der Waals surface area (Å²) in [6, 6.07) is 25.6. The summed E-state index contributed by atoms with van der Waals surface area (Å²) in [7, 11) is 0. The number of carbonyl (C=O) groups is 2. The fraction of sp³-hybridized carbons (Fsp3) is 0.115. The van der Waals surface area contributed by atoms with Crippen molar-refractivity contribution in [1.82, 2.24) is 15.2 Å². The molecule has 1 aliphatic rings. The van der Waals surface area contributed by atoms with Gasteiger partial charge in [-0.15, -0.1) is 0 Å². The van der Waals surface area contributed by atoms with Gasteiger partial charge in [0.2, 0.25) is 5.89 Å². The molecule has 0 aliphatic carbocycles. The third kappa shape index (κ3) is 4.01.